The van der Waals surface area contributed by atoms with Crippen LogP contribution in [0, 0.1) is 11.8 Å². The fraction of sp³-hybridized carbons (Fsp3) is 0.857. The summed E-state index contributed by atoms with van der Waals surface area (Å²) in [6.07, 6.45) is 10.6. The summed E-state index contributed by atoms with van der Waals surface area (Å²) in [4.78, 5) is 0. The fourth-order valence-electron chi connectivity index (χ4n) is 1.55. The number of hydrogen-bond acceptors (Lipinski definition) is 1. The summed E-state index contributed by atoms with van der Waals surface area (Å²) in [6, 6.07) is 0. The lowest BCUT2D eigenvalue weighted by molar-refractivity contribution is 0.210. The first kappa shape index (κ1) is 14.5. The van der Waals surface area contributed by atoms with Gasteiger partial charge in [0.15, 0.2) is 0 Å². The molecule has 0 fully saturated rings. The topological polar surface area (TPSA) is 9.23 Å². The second-order valence-corrected chi connectivity index (χ2v) is 4.75. The lowest BCUT2D eigenvalue weighted by Gasteiger charge is -2.11. The summed E-state index contributed by atoms with van der Waals surface area (Å²) in [5.41, 5.74) is 0. The Bertz CT molecular complexity index is 149. The SMILES string of the molecule is CCCC[C@@H](CC)CC=COCC(C)C. The molecule has 0 aliphatic heterocycles. The third-order valence-corrected chi connectivity index (χ3v) is 2.63. The van der Waals surface area contributed by atoms with E-state index >= 15 is 0 Å². The van der Waals surface area contributed by atoms with E-state index in [2.05, 4.69) is 33.8 Å². The van der Waals surface area contributed by atoms with Gasteiger partial charge in [-0.25, -0.2) is 0 Å². The highest BCUT2D eigenvalue weighted by atomic mass is 16.5. The first-order valence-electron chi connectivity index (χ1n) is 6.47. The standard InChI is InChI=1S/C14H28O/c1-5-7-9-14(6-2)10-8-11-15-12-13(3)4/h8,11,13-14H,5-7,9-10,12H2,1-4H3/t14-/m1/s1. The fourth-order valence-corrected chi connectivity index (χ4v) is 1.55. The first-order chi connectivity index (χ1) is 7.20. The highest BCUT2D eigenvalue weighted by molar-refractivity contribution is 4.77. The Morgan fingerprint density at radius 3 is 2.47 bits per heavy atom. The zero-order valence-corrected chi connectivity index (χ0v) is 11.0. The second kappa shape index (κ2) is 10.1. The van der Waals surface area contributed by atoms with Crippen LogP contribution in [0.3, 0.4) is 0 Å². The lowest BCUT2D eigenvalue weighted by Crippen LogP contribution is -1.98. The van der Waals surface area contributed by atoms with Gasteiger partial charge in [-0.3, -0.25) is 0 Å². The third-order valence-electron chi connectivity index (χ3n) is 2.63. The van der Waals surface area contributed by atoms with Crippen molar-refractivity contribution in [1.29, 1.82) is 0 Å². The molecule has 0 aromatic heterocycles. The predicted octanol–water partition coefficient (Wildman–Crippen LogP) is 4.78. The van der Waals surface area contributed by atoms with E-state index in [-0.39, 0.29) is 0 Å². The smallest absolute Gasteiger partial charge is 0.0895 e. The minimum atomic E-state index is 0.622. The maximum Gasteiger partial charge on any atom is 0.0895 e. The van der Waals surface area contributed by atoms with Crippen LogP contribution < -0.4 is 0 Å². The van der Waals surface area contributed by atoms with Gasteiger partial charge in [-0.15, -0.1) is 0 Å². The van der Waals surface area contributed by atoms with Gasteiger partial charge in [0.05, 0.1) is 12.9 Å². The molecule has 0 saturated carbocycles. The number of ether oxygens (including phenoxy) is 1. The zero-order valence-electron chi connectivity index (χ0n) is 11.0. The van der Waals surface area contributed by atoms with Crippen LogP contribution in [0.15, 0.2) is 12.3 Å². The molecule has 0 N–H and O–H groups in total. The molecule has 0 spiro atoms. The van der Waals surface area contributed by atoms with Crippen molar-refractivity contribution < 1.29 is 4.74 Å². The molecular formula is C14H28O. The summed E-state index contributed by atoms with van der Waals surface area (Å²) in [5.74, 6) is 1.47. The van der Waals surface area contributed by atoms with Crippen LogP contribution in [0.2, 0.25) is 0 Å². The largest absolute Gasteiger partial charge is 0.501 e. The molecule has 1 heteroatoms. The molecular weight excluding hydrogens is 184 g/mol. The van der Waals surface area contributed by atoms with E-state index < -0.39 is 0 Å². The number of rotatable bonds is 9. The Morgan fingerprint density at radius 2 is 1.93 bits per heavy atom. The molecule has 0 rings (SSSR count). The Balaban J connectivity index is 3.51. The van der Waals surface area contributed by atoms with E-state index in [1.54, 1.807) is 0 Å². The minimum Gasteiger partial charge on any atom is -0.501 e. The summed E-state index contributed by atoms with van der Waals surface area (Å²) < 4.78 is 5.41. The minimum absolute atomic E-state index is 0.622. The molecule has 0 aliphatic carbocycles. The molecule has 0 saturated heterocycles. The Kier molecular flexibility index (Phi) is 9.76. The molecule has 15 heavy (non-hydrogen) atoms. The molecule has 1 atom stereocenters. The van der Waals surface area contributed by atoms with Gasteiger partial charge in [0.25, 0.3) is 0 Å². The lowest BCUT2D eigenvalue weighted by atomic mass is 9.96. The highest BCUT2D eigenvalue weighted by Crippen LogP contribution is 2.16. The van der Waals surface area contributed by atoms with Crippen LogP contribution in [-0.4, -0.2) is 6.61 Å². The monoisotopic (exact) mass is 212 g/mol. The quantitative estimate of drug-likeness (QED) is 0.500. The summed E-state index contributed by atoms with van der Waals surface area (Å²) in [5, 5.41) is 0. The van der Waals surface area contributed by atoms with Crippen molar-refractivity contribution in [3.8, 4) is 0 Å². The van der Waals surface area contributed by atoms with Gasteiger partial charge >= 0.3 is 0 Å². The average Bonchev–Trinajstić information content (AvgIpc) is 2.21. The normalized spacial score (nSPS) is 13.7. The van der Waals surface area contributed by atoms with Gasteiger partial charge in [0, 0.05) is 0 Å². The van der Waals surface area contributed by atoms with Crippen LogP contribution in [-0.2, 0) is 4.74 Å². The average molecular weight is 212 g/mol. The maximum atomic E-state index is 5.41. The van der Waals surface area contributed by atoms with Crippen LogP contribution in [0.25, 0.3) is 0 Å². The van der Waals surface area contributed by atoms with Gasteiger partial charge < -0.3 is 4.74 Å². The molecule has 0 aromatic carbocycles. The Morgan fingerprint density at radius 1 is 1.20 bits per heavy atom. The Hall–Kier alpha value is -0.460. The van der Waals surface area contributed by atoms with E-state index in [4.69, 9.17) is 4.74 Å². The number of hydrogen-bond donors (Lipinski definition) is 0. The maximum absolute atomic E-state index is 5.41. The van der Waals surface area contributed by atoms with Crippen LogP contribution in [0.4, 0.5) is 0 Å². The molecule has 0 unspecified atom stereocenters. The van der Waals surface area contributed by atoms with E-state index in [1.165, 1.54) is 32.1 Å². The molecule has 90 valence electrons. The van der Waals surface area contributed by atoms with Crippen molar-refractivity contribution >= 4 is 0 Å². The van der Waals surface area contributed by atoms with Crippen LogP contribution in [0.5, 0.6) is 0 Å². The summed E-state index contributed by atoms with van der Waals surface area (Å²) in [7, 11) is 0. The molecule has 0 bridgehead atoms. The first-order valence-corrected chi connectivity index (χ1v) is 6.47. The van der Waals surface area contributed by atoms with E-state index in [0.29, 0.717) is 5.92 Å². The van der Waals surface area contributed by atoms with E-state index in [1.807, 2.05) is 6.26 Å². The summed E-state index contributed by atoms with van der Waals surface area (Å²) in [6.45, 7) is 9.72. The zero-order chi connectivity index (χ0) is 11.5. The van der Waals surface area contributed by atoms with Crippen molar-refractivity contribution in [1.82, 2.24) is 0 Å². The molecule has 0 aliphatic rings. The van der Waals surface area contributed by atoms with Gasteiger partial charge in [-0.1, -0.05) is 53.4 Å². The van der Waals surface area contributed by atoms with Crippen molar-refractivity contribution in [3.63, 3.8) is 0 Å². The molecule has 0 heterocycles. The number of unbranched alkanes of at least 4 members (excludes halogenated alkanes) is 1. The highest BCUT2D eigenvalue weighted by Gasteiger charge is 2.02. The van der Waals surface area contributed by atoms with Gasteiger partial charge in [-0.05, 0) is 24.3 Å². The number of allylic oxidation sites excluding steroid dienone is 1. The van der Waals surface area contributed by atoms with Gasteiger partial charge in [0.2, 0.25) is 0 Å². The molecule has 0 aromatic rings. The van der Waals surface area contributed by atoms with Crippen LogP contribution in [0.1, 0.15) is 59.8 Å². The van der Waals surface area contributed by atoms with Crippen molar-refractivity contribution in [2.24, 2.45) is 11.8 Å². The van der Waals surface area contributed by atoms with Crippen molar-refractivity contribution in [2.45, 2.75) is 59.8 Å². The Labute approximate surface area is 95.9 Å². The van der Waals surface area contributed by atoms with E-state index in [9.17, 15) is 0 Å². The van der Waals surface area contributed by atoms with E-state index in [0.717, 1.165) is 12.5 Å². The third kappa shape index (κ3) is 9.84. The summed E-state index contributed by atoms with van der Waals surface area (Å²) >= 11 is 0. The van der Waals surface area contributed by atoms with Crippen molar-refractivity contribution in [3.05, 3.63) is 12.3 Å². The molecule has 0 radical (unpaired) electrons. The molecule has 1 nitrogen and oxygen atoms in total. The van der Waals surface area contributed by atoms with Gasteiger partial charge in [0.1, 0.15) is 0 Å². The predicted molar refractivity (Wildman–Crippen MR) is 67.9 cm³/mol. The van der Waals surface area contributed by atoms with Gasteiger partial charge in [-0.2, -0.15) is 0 Å². The van der Waals surface area contributed by atoms with Crippen molar-refractivity contribution in [2.75, 3.05) is 6.61 Å². The molecule has 0 amide bonds. The second-order valence-electron chi connectivity index (χ2n) is 4.75. The van der Waals surface area contributed by atoms with Crippen LogP contribution >= 0.6 is 0 Å².